The zero-order valence-corrected chi connectivity index (χ0v) is 22.1. The SMILES string of the molecule is CCN1C(=O)C(CC(=O)Nc2cc(C)c(Cl)cc2OC)Nc2cc(S(=O)(=O)N(CC)CC)ccc21. The third-order valence-electron chi connectivity index (χ3n) is 5.96. The Bertz CT molecular complexity index is 1230. The number of anilines is 3. The van der Waals surface area contributed by atoms with Crippen LogP contribution in [-0.2, 0) is 19.6 Å². The Morgan fingerprint density at radius 3 is 2.49 bits per heavy atom. The molecule has 3 rings (SSSR count). The number of hydrogen-bond acceptors (Lipinski definition) is 6. The Morgan fingerprint density at radius 1 is 1.20 bits per heavy atom. The van der Waals surface area contributed by atoms with Crippen LogP contribution in [0.2, 0.25) is 5.02 Å². The van der Waals surface area contributed by atoms with Gasteiger partial charge in [0.2, 0.25) is 21.8 Å². The molecular formula is C24H31ClN4O5S. The summed E-state index contributed by atoms with van der Waals surface area (Å²) in [5, 5.41) is 6.37. The van der Waals surface area contributed by atoms with Crippen LogP contribution in [0.3, 0.4) is 0 Å². The van der Waals surface area contributed by atoms with Crippen molar-refractivity contribution in [1.29, 1.82) is 0 Å². The van der Waals surface area contributed by atoms with E-state index in [1.165, 1.54) is 23.5 Å². The molecule has 11 heteroatoms. The van der Waals surface area contributed by atoms with Gasteiger partial charge in [0, 0.05) is 30.7 Å². The highest BCUT2D eigenvalue weighted by Gasteiger charge is 2.34. The third kappa shape index (κ3) is 5.39. The molecule has 0 aromatic heterocycles. The van der Waals surface area contributed by atoms with Gasteiger partial charge in [-0.2, -0.15) is 4.31 Å². The van der Waals surface area contributed by atoms with Gasteiger partial charge in [0.1, 0.15) is 11.8 Å². The maximum Gasteiger partial charge on any atom is 0.250 e. The lowest BCUT2D eigenvalue weighted by molar-refractivity contribution is -0.123. The summed E-state index contributed by atoms with van der Waals surface area (Å²) >= 11 is 6.14. The molecule has 1 atom stereocenters. The van der Waals surface area contributed by atoms with Gasteiger partial charge >= 0.3 is 0 Å². The predicted molar refractivity (Wildman–Crippen MR) is 138 cm³/mol. The lowest BCUT2D eigenvalue weighted by Crippen LogP contribution is -2.48. The molecule has 2 N–H and O–H groups in total. The molecule has 0 saturated heterocycles. The molecule has 1 aliphatic rings. The molecule has 0 spiro atoms. The maximum atomic E-state index is 13.1. The Morgan fingerprint density at radius 2 is 1.89 bits per heavy atom. The van der Waals surface area contributed by atoms with Crippen LogP contribution in [0, 0.1) is 6.92 Å². The first-order valence-electron chi connectivity index (χ1n) is 11.4. The van der Waals surface area contributed by atoms with Crippen molar-refractivity contribution in [3.05, 3.63) is 40.9 Å². The van der Waals surface area contributed by atoms with Gasteiger partial charge in [-0.3, -0.25) is 9.59 Å². The van der Waals surface area contributed by atoms with Crippen LogP contribution in [0.5, 0.6) is 5.75 Å². The van der Waals surface area contributed by atoms with Gasteiger partial charge in [0.05, 0.1) is 35.5 Å². The average molecular weight is 523 g/mol. The summed E-state index contributed by atoms with van der Waals surface area (Å²) in [6.07, 6.45) is -0.160. The third-order valence-corrected chi connectivity index (χ3v) is 8.41. The summed E-state index contributed by atoms with van der Waals surface area (Å²) < 4.78 is 32.7. The molecule has 1 unspecified atom stereocenters. The second-order valence-corrected chi connectivity index (χ2v) is 10.4. The van der Waals surface area contributed by atoms with E-state index in [1.807, 2.05) is 13.8 Å². The van der Waals surface area contributed by atoms with Gasteiger partial charge in [0.25, 0.3) is 0 Å². The van der Waals surface area contributed by atoms with E-state index in [9.17, 15) is 18.0 Å². The van der Waals surface area contributed by atoms with Crippen molar-refractivity contribution in [3.63, 3.8) is 0 Å². The van der Waals surface area contributed by atoms with Crippen LogP contribution >= 0.6 is 11.6 Å². The fourth-order valence-electron chi connectivity index (χ4n) is 4.08. The van der Waals surface area contributed by atoms with Crippen molar-refractivity contribution < 1.29 is 22.7 Å². The molecule has 2 amide bonds. The average Bonchev–Trinajstić information content (AvgIpc) is 2.82. The standard InChI is InChI=1S/C24H31ClN4O5S/c1-6-28(7-2)35(32,33)16-9-10-21-18(12-16)26-20(24(31)29(21)8-3)14-23(30)27-19-11-15(4)17(25)13-22(19)34-5/h9-13,20,26H,6-8,14H2,1-5H3,(H,27,30). The monoisotopic (exact) mass is 522 g/mol. The smallest absolute Gasteiger partial charge is 0.250 e. The largest absolute Gasteiger partial charge is 0.495 e. The highest BCUT2D eigenvalue weighted by atomic mass is 35.5. The number of aryl methyl sites for hydroxylation is 1. The fraction of sp³-hybridized carbons (Fsp3) is 0.417. The maximum absolute atomic E-state index is 13.1. The normalized spacial score (nSPS) is 15.6. The summed E-state index contributed by atoms with van der Waals surface area (Å²) in [6.45, 7) is 8.26. The van der Waals surface area contributed by atoms with E-state index in [-0.39, 0.29) is 17.2 Å². The van der Waals surface area contributed by atoms with Crippen molar-refractivity contribution in [2.45, 2.75) is 45.1 Å². The number of methoxy groups -OCH3 is 1. The molecule has 0 saturated carbocycles. The molecule has 0 aliphatic carbocycles. The first-order valence-corrected chi connectivity index (χ1v) is 13.2. The van der Waals surface area contributed by atoms with Gasteiger partial charge < -0.3 is 20.3 Å². The van der Waals surface area contributed by atoms with E-state index >= 15 is 0 Å². The Hall–Kier alpha value is -2.82. The number of fused-ring (bicyclic) bond motifs is 1. The predicted octanol–water partition coefficient (Wildman–Crippen LogP) is 3.86. The Kier molecular flexibility index (Phi) is 8.30. The van der Waals surface area contributed by atoms with Crippen LogP contribution < -0.4 is 20.3 Å². The number of halogens is 1. The lowest BCUT2D eigenvalue weighted by Gasteiger charge is -2.35. The van der Waals surface area contributed by atoms with Gasteiger partial charge in [0.15, 0.2) is 0 Å². The summed E-state index contributed by atoms with van der Waals surface area (Å²) in [5.74, 6) is -0.264. The van der Waals surface area contributed by atoms with Crippen molar-refractivity contribution in [1.82, 2.24) is 4.31 Å². The highest BCUT2D eigenvalue weighted by molar-refractivity contribution is 7.89. The Labute approximate surface area is 211 Å². The molecule has 0 bridgehead atoms. The van der Waals surface area contributed by atoms with E-state index in [0.717, 1.165) is 5.56 Å². The Balaban J connectivity index is 1.87. The van der Waals surface area contributed by atoms with Crippen LogP contribution in [-0.4, -0.2) is 57.3 Å². The number of carbonyl (C=O) groups excluding carboxylic acids is 2. The topological polar surface area (TPSA) is 108 Å². The molecule has 2 aromatic rings. The molecule has 9 nitrogen and oxygen atoms in total. The van der Waals surface area contributed by atoms with Gasteiger partial charge in [-0.1, -0.05) is 25.4 Å². The van der Waals surface area contributed by atoms with Crippen LogP contribution in [0.15, 0.2) is 35.2 Å². The van der Waals surface area contributed by atoms with E-state index in [0.29, 0.717) is 47.5 Å². The van der Waals surface area contributed by atoms with Crippen molar-refractivity contribution in [2.24, 2.45) is 0 Å². The second-order valence-electron chi connectivity index (χ2n) is 8.10. The number of likely N-dealkylation sites (N-methyl/N-ethyl adjacent to an activating group) is 1. The van der Waals surface area contributed by atoms with Crippen molar-refractivity contribution in [3.8, 4) is 5.75 Å². The zero-order valence-electron chi connectivity index (χ0n) is 20.5. The van der Waals surface area contributed by atoms with Crippen LogP contribution in [0.1, 0.15) is 32.8 Å². The molecule has 1 aliphatic heterocycles. The number of benzene rings is 2. The molecule has 1 heterocycles. The number of ether oxygens (including phenoxy) is 1. The van der Waals surface area contributed by atoms with Gasteiger partial charge in [-0.05, 0) is 43.7 Å². The minimum Gasteiger partial charge on any atom is -0.495 e. The van der Waals surface area contributed by atoms with E-state index in [1.54, 1.807) is 36.9 Å². The number of nitrogens with one attached hydrogen (secondary N) is 2. The van der Waals surface area contributed by atoms with E-state index in [4.69, 9.17) is 16.3 Å². The number of sulfonamides is 1. The number of amides is 2. The van der Waals surface area contributed by atoms with Gasteiger partial charge in [-0.25, -0.2) is 8.42 Å². The highest BCUT2D eigenvalue weighted by Crippen LogP contribution is 2.35. The first kappa shape index (κ1) is 26.8. The van der Waals surface area contributed by atoms with E-state index < -0.39 is 22.0 Å². The minimum absolute atomic E-state index is 0.127. The number of carbonyl (C=O) groups is 2. The quantitative estimate of drug-likeness (QED) is 0.517. The molecule has 0 fully saturated rings. The second kappa shape index (κ2) is 10.8. The molecule has 2 aromatic carbocycles. The van der Waals surface area contributed by atoms with Crippen molar-refractivity contribution in [2.75, 3.05) is 42.3 Å². The molecular weight excluding hydrogens is 492 g/mol. The summed E-state index contributed by atoms with van der Waals surface area (Å²) in [7, 11) is -2.21. The fourth-order valence-corrected chi connectivity index (χ4v) is 5.71. The summed E-state index contributed by atoms with van der Waals surface area (Å²) in [6, 6.07) is 7.10. The van der Waals surface area contributed by atoms with Crippen molar-refractivity contribution >= 4 is 50.5 Å². The van der Waals surface area contributed by atoms with Crippen LogP contribution in [0.4, 0.5) is 17.1 Å². The molecule has 0 radical (unpaired) electrons. The lowest BCUT2D eigenvalue weighted by atomic mass is 10.1. The van der Waals surface area contributed by atoms with E-state index in [2.05, 4.69) is 10.6 Å². The zero-order chi connectivity index (χ0) is 25.9. The number of nitrogens with zero attached hydrogens (tertiary/aromatic N) is 2. The number of rotatable bonds is 9. The number of hydrogen-bond donors (Lipinski definition) is 2. The molecule has 35 heavy (non-hydrogen) atoms. The van der Waals surface area contributed by atoms with Crippen LogP contribution in [0.25, 0.3) is 0 Å². The summed E-state index contributed by atoms with van der Waals surface area (Å²) in [5.41, 5.74) is 2.27. The molecule has 190 valence electrons. The minimum atomic E-state index is -3.68. The first-order chi connectivity index (χ1) is 16.6. The van der Waals surface area contributed by atoms with Gasteiger partial charge in [-0.15, -0.1) is 0 Å². The summed E-state index contributed by atoms with van der Waals surface area (Å²) in [4.78, 5) is 27.7.